The lowest BCUT2D eigenvalue weighted by Crippen LogP contribution is -2.52. The van der Waals surface area contributed by atoms with Gasteiger partial charge in [0.1, 0.15) is 11.9 Å². The number of rotatable bonds is 5. The number of likely N-dealkylation sites (N-methyl/N-ethyl adjacent to an activating group) is 1. The zero-order valence-corrected chi connectivity index (χ0v) is 17.8. The molecular weight excluding hydrogens is 412 g/mol. The average Bonchev–Trinajstić information content (AvgIpc) is 2.79. The lowest BCUT2D eigenvalue weighted by atomic mass is 10.1. The minimum Gasteiger partial charge on any atom is -0.482 e. The van der Waals surface area contributed by atoms with Crippen molar-refractivity contribution in [2.24, 2.45) is 0 Å². The fourth-order valence-corrected chi connectivity index (χ4v) is 3.73. The highest BCUT2D eigenvalue weighted by molar-refractivity contribution is 5.99. The molecule has 0 radical (unpaired) electrons. The first kappa shape index (κ1) is 21.2. The number of benzene rings is 2. The maximum atomic E-state index is 13.4. The molecule has 3 N–H and O–H groups in total. The molecule has 0 aliphatic carbocycles. The highest BCUT2D eigenvalue weighted by Crippen LogP contribution is 2.34. The quantitative estimate of drug-likeness (QED) is 0.629. The molecule has 1 aromatic heterocycles. The van der Waals surface area contributed by atoms with Crippen molar-refractivity contribution in [2.45, 2.75) is 32.6 Å². The van der Waals surface area contributed by atoms with Crippen LogP contribution in [0, 0.1) is 0 Å². The van der Waals surface area contributed by atoms with Gasteiger partial charge in [-0.3, -0.25) is 19.1 Å². The van der Waals surface area contributed by atoms with Crippen molar-refractivity contribution < 1.29 is 14.3 Å². The number of aromatic amines is 1. The third-order valence-electron chi connectivity index (χ3n) is 5.34. The molecule has 2 atom stereocenters. The molecule has 9 heteroatoms. The Morgan fingerprint density at radius 3 is 2.34 bits per heavy atom. The number of amides is 1. The second-order valence-corrected chi connectivity index (χ2v) is 7.46. The summed E-state index contributed by atoms with van der Waals surface area (Å²) in [6.07, 6.45) is -1.58. The third-order valence-corrected chi connectivity index (χ3v) is 5.34. The first-order chi connectivity index (χ1) is 15.4. The van der Waals surface area contributed by atoms with Crippen LogP contribution in [0.2, 0.25) is 0 Å². The van der Waals surface area contributed by atoms with Crippen LogP contribution in [-0.4, -0.2) is 34.2 Å². The lowest BCUT2D eigenvalue weighted by molar-refractivity contribution is -0.130. The topological polar surface area (TPSA) is 120 Å². The largest absolute Gasteiger partial charge is 0.482 e. The van der Waals surface area contributed by atoms with E-state index < -0.39 is 29.4 Å². The third kappa shape index (κ3) is 3.84. The van der Waals surface area contributed by atoms with Crippen molar-refractivity contribution >= 4 is 17.4 Å². The SMILES string of the molecule is CCN(C(=O)C1Oc2ccccc2OC1C)c1c(N)n(Cc2ccccc2)c(=O)[nH]c1=O. The predicted molar refractivity (Wildman–Crippen MR) is 120 cm³/mol. The molecule has 0 saturated heterocycles. The Morgan fingerprint density at radius 1 is 1.06 bits per heavy atom. The molecule has 0 spiro atoms. The Balaban J connectivity index is 1.71. The Bertz CT molecular complexity index is 1250. The maximum Gasteiger partial charge on any atom is 0.330 e. The molecule has 3 aromatic rings. The van der Waals surface area contributed by atoms with Crippen LogP contribution in [0.5, 0.6) is 11.5 Å². The van der Waals surface area contributed by atoms with Crippen LogP contribution in [0.15, 0.2) is 64.2 Å². The number of hydrogen-bond donors (Lipinski definition) is 2. The molecule has 1 amide bonds. The van der Waals surface area contributed by atoms with E-state index in [0.717, 1.165) is 5.56 Å². The van der Waals surface area contributed by atoms with E-state index in [9.17, 15) is 14.4 Å². The monoisotopic (exact) mass is 436 g/mol. The Labute approximate surface area is 184 Å². The van der Waals surface area contributed by atoms with Gasteiger partial charge in [0.2, 0.25) is 6.10 Å². The molecule has 0 bridgehead atoms. The first-order valence-electron chi connectivity index (χ1n) is 10.3. The summed E-state index contributed by atoms with van der Waals surface area (Å²) in [7, 11) is 0. The van der Waals surface area contributed by atoms with E-state index in [1.807, 2.05) is 36.4 Å². The summed E-state index contributed by atoms with van der Waals surface area (Å²) in [6, 6.07) is 16.3. The van der Waals surface area contributed by atoms with E-state index in [4.69, 9.17) is 15.2 Å². The smallest absolute Gasteiger partial charge is 0.330 e. The number of fused-ring (bicyclic) bond motifs is 1. The summed E-state index contributed by atoms with van der Waals surface area (Å²) in [4.78, 5) is 42.1. The number of nitrogens with zero attached hydrogens (tertiary/aromatic N) is 2. The predicted octanol–water partition coefficient (Wildman–Crippen LogP) is 1.75. The van der Waals surface area contributed by atoms with Crippen LogP contribution in [-0.2, 0) is 11.3 Å². The number of nitrogens with two attached hydrogens (primary N) is 1. The molecule has 2 aromatic carbocycles. The summed E-state index contributed by atoms with van der Waals surface area (Å²) >= 11 is 0. The van der Waals surface area contributed by atoms with Gasteiger partial charge in [0.25, 0.3) is 11.5 Å². The zero-order chi connectivity index (χ0) is 22.8. The average molecular weight is 436 g/mol. The van der Waals surface area contributed by atoms with Crippen molar-refractivity contribution in [1.29, 1.82) is 0 Å². The summed E-state index contributed by atoms with van der Waals surface area (Å²) in [5, 5.41) is 0. The highest BCUT2D eigenvalue weighted by atomic mass is 16.6. The molecule has 166 valence electrons. The Kier molecular flexibility index (Phi) is 5.72. The number of carbonyl (C=O) groups excluding carboxylic acids is 1. The van der Waals surface area contributed by atoms with Gasteiger partial charge < -0.3 is 20.1 Å². The van der Waals surface area contributed by atoms with Gasteiger partial charge in [0, 0.05) is 6.54 Å². The van der Waals surface area contributed by atoms with E-state index in [0.29, 0.717) is 11.5 Å². The van der Waals surface area contributed by atoms with Gasteiger partial charge in [-0.2, -0.15) is 0 Å². The fraction of sp³-hybridized carbons (Fsp3) is 0.261. The standard InChI is InChI=1S/C23H24N4O5/c1-3-26(22(29)19-14(2)31-16-11-7-8-12-17(16)32-19)18-20(24)27(23(30)25-21(18)28)13-15-9-5-4-6-10-15/h4-12,14,19H,3,13,24H2,1-2H3,(H,25,28,30). The number of hydrogen-bond acceptors (Lipinski definition) is 6. The molecule has 0 saturated carbocycles. The number of nitrogen functional groups attached to an aromatic ring is 1. The van der Waals surface area contributed by atoms with Gasteiger partial charge in [-0.1, -0.05) is 42.5 Å². The molecule has 0 fully saturated rings. The molecule has 2 unspecified atom stereocenters. The van der Waals surface area contributed by atoms with Crippen molar-refractivity contribution in [2.75, 3.05) is 17.2 Å². The number of ether oxygens (including phenoxy) is 2. The number of anilines is 2. The molecule has 1 aliphatic heterocycles. The summed E-state index contributed by atoms with van der Waals surface area (Å²) in [5.74, 6) is 0.399. The van der Waals surface area contributed by atoms with E-state index in [1.165, 1.54) is 9.47 Å². The van der Waals surface area contributed by atoms with Crippen LogP contribution < -0.4 is 31.4 Å². The highest BCUT2D eigenvalue weighted by Gasteiger charge is 2.38. The molecule has 2 heterocycles. The summed E-state index contributed by atoms with van der Waals surface area (Å²) < 4.78 is 13.0. The Hall–Kier alpha value is -4.01. The fourth-order valence-electron chi connectivity index (χ4n) is 3.73. The summed E-state index contributed by atoms with van der Waals surface area (Å²) in [5.41, 5.74) is 5.60. The molecule has 1 aliphatic rings. The summed E-state index contributed by atoms with van der Waals surface area (Å²) in [6.45, 7) is 3.72. The molecule has 32 heavy (non-hydrogen) atoms. The van der Waals surface area contributed by atoms with E-state index in [-0.39, 0.29) is 24.6 Å². The van der Waals surface area contributed by atoms with Gasteiger partial charge >= 0.3 is 5.69 Å². The number of carbonyl (C=O) groups is 1. The van der Waals surface area contributed by atoms with Gasteiger partial charge in [0.05, 0.1) is 6.54 Å². The zero-order valence-electron chi connectivity index (χ0n) is 17.8. The van der Waals surface area contributed by atoms with Gasteiger partial charge in [-0.05, 0) is 31.5 Å². The molecule has 9 nitrogen and oxygen atoms in total. The minimum absolute atomic E-state index is 0.0947. The van der Waals surface area contributed by atoms with Crippen LogP contribution in [0.1, 0.15) is 19.4 Å². The molecular formula is C23H24N4O5. The van der Waals surface area contributed by atoms with E-state index >= 15 is 0 Å². The second-order valence-electron chi connectivity index (χ2n) is 7.46. The van der Waals surface area contributed by atoms with Crippen molar-refractivity contribution in [3.05, 3.63) is 81.0 Å². The van der Waals surface area contributed by atoms with Crippen LogP contribution in [0.4, 0.5) is 11.5 Å². The Morgan fingerprint density at radius 2 is 1.69 bits per heavy atom. The normalized spacial score (nSPS) is 17.1. The maximum absolute atomic E-state index is 13.4. The van der Waals surface area contributed by atoms with E-state index in [1.54, 1.807) is 32.0 Å². The van der Waals surface area contributed by atoms with E-state index in [2.05, 4.69) is 4.98 Å². The van der Waals surface area contributed by atoms with Crippen molar-refractivity contribution in [3.8, 4) is 11.5 Å². The van der Waals surface area contributed by atoms with Crippen molar-refractivity contribution in [1.82, 2.24) is 9.55 Å². The minimum atomic E-state index is -0.988. The van der Waals surface area contributed by atoms with Gasteiger partial charge in [-0.15, -0.1) is 0 Å². The lowest BCUT2D eigenvalue weighted by Gasteiger charge is -2.34. The second kappa shape index (κ2) is 8.62. The van der Waals surface area contributed by atoms with Crippen molar-refractivity contribution in [3.63, 3.8) is 0 Å². The number of H-pyrrole nitrogens is 1. The molecule has 4 rings (SSSR count). The number of aromatic nitrogens is 2. The van der Waals surface area contributed by atoms with Crippen LogP contribution >= 0.6 is 0 Å². The van der Waals surface area contributed by atoms with Gasteiger partial charge in [-0.25, -0.2) is 4.79 Å². The number of para-hydroxylation sites is 2. The number of nitrogens with one attached hydrogen (secondary N) is 1. The van der Waals surface area contributed by atoms with Gasteiger partial charge in [0.15, 0.2) is 17.2 Å². The van der Waals surface area contributed by atoms with Crippen LogP contribution in [0.3, 0.4) is 0 Å². The van der Waals surface area contributed by atoms with Crippen LogP contribution in [0.25, 0.3) is 0 Å². The first-order valence-corrected chi connectivity index (χ1v) is 10.3.